The first kappa shape index (κ1) is 25.4. The van der Waals surface area contributed by atoms with Crippen molar-refractivity contribution in [3.05, 3.63) is 135 Å². The largest absolute Gasteiger partial charge is 0.489 e. The quantitative estimate of drug-likeness (QED) is 0.273. The van der Waals surface area contributed by atoms with Gasteiger partial charge in [-0.3, -0.25) is 4.79 Å². The van der Waals surface area contributed by atoms with Crippen LogP contribution in [0.15, 0.2) is 84.9 Å². The van der Waals surface area contributed by atoms with Crippen LogP contribution in [-0.2, 0) is 13.0 Å². The summed E-state index contributed by atoms with van der Waals surface area (Å²) in [6.45, 7) is 4.10. The van der Waals surface area contributed by atoms with E-state index in [1.165, 1.54) is 12.1 Å². The summed E-state index contributed by atoms with van der Waals surface area (Å²) in [7, 11) is 0. The summed E-state index contributed by atoms with van der Waals surface area (Å²) in [5.41, 5.74) is 5.24. The second kappa shape index (κ2) is 10.9. The molecule has 2 N–H and O–H groups in total. The molecule has 0 spiro atoms. The molecular formula is C31H26O6. The third kappa shape index (κ3) is 5.76. The fourth-order valence-electron chi connectivity index (χ4n) is 4.26. The summed E-state index contributed by atoms with van der Waals surface area (Å²) in [5, 5.41) is 18.9. The molecule has 0 unspecified atom stereocenters. The van der Waals surface area contributed by atoms with E-state index < -0.39 is 11.9 Å². The zero-order valence-corrected chi connectivity index (χ0v) is 20.5. The number of carboxylic acids is 2. The van der Waals surface area contributed by atoms with E-state index in [0.717, 1.165) is 22.3 Å². The predicted octanol–water partition coefficient (Wildman–Crippen LogP) is 6.10. The molecule has 0 bridgehead atoms. The zero-order chi connectivity index (χ0) is 26.5. The van der Waals surface area contributed by atoms with E-state index in [4.69, 9.17) is 4.74 Å². The minimum atomic E-state index is -1.18. The Hall–Kier alpha value is -4.71. The van der Waals surface area contributed by atoms with Crippen LogP contribution < -0.4 is 4.74 Å². The molecule has 6 nitrogen and oxygen atoms in total. The topological polar surface area (TPSA) is 101 Å². The third-order valence-corrected chi connectivity index (χ3v) is 6.32. The van der Waals surface area contributed by atoms with Crippen LogP contribution in [0.25, 0.3) is 0 Å². The summed E-state index contributed by atoms with van der Waals surface area (Å²) in [6, 6.07) is 24.4. The summed E-state index contributed by atoms with van der Waals surface area (Å²) in [5.74, 6) is -1.76. The van der Waals surface area contributed by atoms with Crippen molar-refractivity contribution in [2.45, 2.75) is 26.9 Å². The van der Waals surface area contributed by atoms with E-state index in [-0.39, 0.29) is 23.5 Å². The van der Waals surface area contributed by atoms with Crippen LogP contribution in [0.1, 0.15) is 64.5 Å². The second-order valence-corrected chi connectivity index (χ2v) is 8.84. The van der Waals surface area contributed by atoms with E-state index in [1.54, 1.807) is 30.3 Å². The number of carbonyl (C=O) groups excluding carboxylic acids is 1. The van der Waals surface area contributed by atoms with E-state index in [1.807, 2.05) is 56.3 Å². The molecule has 0 aromatic heterocycles. The van der Waals surface area contributed by atoms with Gasteiger partial charge in [0.05, 0.1) is 11.1 Å². The van der Waals surface area contributed by atoms with Gasteiger partial charge in [0, 0.05) is 11.1 Å². The van der Waals surface area contributed by atoms with Gasteiger partial charge in [-0.15, -0.1) is 0 Å². The van der Waals surface area contributed by atoms with Crippen LogP contribution in [0.5, 0.6) is 5.75 Å². The van der Waals surface area contributed by atoms with Gasteiger partial charge in [0.2, 0.25) is 0 Å². The number of carbonyl (C=O) groups is 3. The highest BCUT2D eigenvalue weighted by atomic mass is 16.5. The average molecular weight is 495 g/mol. The molecule has 0 heterocycles. The van der Waals surface area contributed by atoms with Gasteiger partial charge in [0.25, 0.3) is 0 Å². The summed E-state index contributed by atoms with van der Waals surface area (Å²) in [4.78, 5) is 35.9. The van der Waals surface area contributed by atoms with Crippen molar-refractivity contribution in [3.63, 3.8) is 0 Å². The first-order valence-electron chi connectivity index (χ1n) is 11.7. The van der Waals surface area contributed by atoms with Crippen molar-refractivity contribution in [2.75, 3.05) is 0 Å². The molecule has 37 heavy (non-hydrogen) atoms. The Morgan fingerprint density at radius 2 is 1.41 bits per heavy atom. The molecule has 0 amide bonds. The minimum absolute atomic E-state index is 0.0391. The van der Waals surface area contributed by atoms with Crippen LogP contribution in [0.2, 0.25) is 0 Å². The molecule has 0 aliphatic heterocycles. The molecule has 0 atom stereocenters. The van der Waals surface area contributed by atoms with Crippen LogP contribution >= 0.6 is 0 Å². The standard InChI is InChI=1S/C31H26O6/c1-19-7-6-10-22(16-23-11-12-25(30(33)34)17-26(23)31(35)36)27(19)18-37-28-14-13-24(15-20(28)2)29(32)21-8-4-3-5-9-21/h3-15,17H,16,18H2,1-2H3,(H,33,34)(H,35,36). The minimum Gasteiger partial charge on any atom is -0.489 e. The molecule has 4 aromatic rings. The van der Waals surface area contributed by atoms with Gasteiger partial charge in [-0.05, 0) is 78.4 Å². The van der Waals surface area contributed by atoms with Crippen LogP contribution in [0, 0.1) is 13.8 Å². The summed E-state index contributed by atoms with van der Waals surface area (Å²) < 4.78 is 6.15. The van der Waals surface area contributed by atoms with E-state index in [2.05, 4.69) is 0 Å². The number of aromatic carboxylic acids is 2. The number of aryl methyl sites for hydroxylation is 2. The van der Waals surface area contributed by atoms with Crippen molar-refractivity contribution in [1.82, 2.24) is 0 Å². The lowest BCUT2D eigenvalue weighted by molar-refractivity contribution is 0.0695. The molecule has 4 rings (SSSR count). The Morgan fingerprint density at radius 3 is 2.08 bits per heavy atom. The second-order valence-electron chi connectivity index (χ2n) is 8.84. The summed E-state index contributed by atoms with van der Waals surface area (Å²) >= 11 is 0. The third-order valence-electron chi connectivity index (χ3n) is 6.32. The van der Waals surface area contributed by atoms with Crippen LogP contribution in [0.3, 0.4) is 0 Å². The van der Waals surface area contributed by atoms with Gasteiger partial charge < -0.3 is 14.9 Å². The van der Waals surface area contributed by atoms with Crippen molar-refractivity contribution in [2.24, 2.45) is 0 Å². The van der Waals surface area contributed by atoms with Gasteiger partial charge in [-0.2, -0.15) is 0 Å². The first-order valence-corrected chi connectivity index (χ1v) is 11.7. The van der Waals surface area contributed by atoms with Gasteiger partial charge in [0.1, 0.15) is 12.4 Å². The van der Waals surface area contributed by atoms with Crippen molar-refractivity contribution < 1.29 is 29.3 Å². The maximum Gasteiger partial charge on any atom is 0.336 e. The molecule has 6 heteroatoms. The normalized spacial score (nSPS) is 10.6. The zero-order valence-electron chi connectivity index (χ0n) is 20.5. The van der Waals surface area contributed by atoms with Gasteiger partial charge in [-0.25, -0.2) is 9.59 Å². The monoisotopic (exact) mass is 494 g/mol. The molecule has 0 saturated carbocycles. The molecule has 0 aliphatic carbocycles. The van der Waals surface area contributed by atoms with Gasteiger partial charge >= 0.3 is 11.9 Å². The Bertz CT molecular complexity index is 1490. The van der Waals surface area contributed by atoms with E-state index in [0.29, 0.717) is 28.9 Å². The molecule has 4 aromatic carbocycles. The van der Waals surface area contributed by atoms with Crippen LogP contribution in [-0.4, -0.2) is 27.9 Å². The Balaban J connectivity index is 1.56. The first-order chi connectivity index (χ1) is 17.7. The number of ketones is 1. The lowest BCUT2D eigenvalue weighted by Crippen LogP contribution is -2.09. The highest BCUT2D eigenvalue weighted by molar-refractivity contribution is 6.09. The molecular weight excluding hydrogens is 468 g/mol. The fraction of sp³-hybridized carbons (Fsp3) is 0.129. The Morgan fingerprint density at radius 1 is 0.676 bits per heavy atom. The van der Waals surface area contributed by atoms with Crippen molar-refractivity contribution >= 4 is 17.7 Å². The Labute approximate surface area is 214 Å². The lowest BCUT2D eigenvalue weighted by atomic mass is 9.93. The van der Waals surface area contributed by atoms with Crippen molar-refractivity contribution in [1.29, 1.82) is 0 Å². The Kier molecular flexibility index (Phi) is 7.49. The maximum absolute atomic E-state index is 12.8. The molecule has 0 fully saturated rings. The molecule has 0 saturated heterocycles. The number of hydrogen-bond acceptors (Lipinski definition) is 4. The number of carboxylic acid groups (broad SMARTS) is 2. The van der Waals surface area contributed by atoms with Crippen molar-refractivity contribution in [3.8, 4) is 5.75 Å². The molecule has 186 valence electrons. The average Bonchev–Trinajstić information content (AvgIpc) is 2.89. The van der Waals surface area contributed by atoms with E-state index in [9.17, 15) is 24.6 Å². The number of ether oxygens (including phenoxy) is 1. The van der Waals surface area contributed by atoms with Gasteiger partial charge in [-0.1, -0.05) is 54.6 Å². The van der Waals surface area contributed by atoms with Crippen LogP contribution in [0.4, 0.5) is 0 Å². The number of benzene rings is 4. The van der Waals surface area contributed by atoms with Gasteiger partial charge in [0.15, 0.2) is 5.78 Å². The molecule has 0 radical (unpaired) electrons. The van der Waals surface area contributed by atoms with E-state index >= 15 is 0 Å². The SMILES string of the molecule is Cc1cc(C(=O)c2ccccc2)ccc1OCc1c(C)cccc1Cc1ccc(C(=O)O)cc1C(=O)O. The number of hydrogen-bond donors (Lipinski definition) is 2. The maximum atomic E-state index is 12.8. The number of rotatable bonds is 9. The fourth-order valence-corrected chi connectivity index (χ4v) is 4.26. The molecule has 0 aliphatic rings. The lowest BCUT2D eigenvalue weighted by Gasteiger charge is -2.16. The highest BCUT2D eigenvalue weighted by Crippen LogP contribution is 2.26. The predicted molar refractivity (Wildman–Crippen MR) is 140 cm³/mol. The summed E-state index contributed by atoms with van der Waals surface area (Å²) in [6.07, 6.45) is 0.311. The highest BCUT2D eigenvalue weighted by Gasteiger charge is 2.17. The smallest absolute Gasteiger partial charge is 0.336 e.